The van der Waals surface area contributed by atoms with Crippen molar-refractivity contribution in [3.63, 3.8) is 0 Å². The van der Waals surface area contributed by atoms with Gasteiger partial charge in [-0.2, -0.15) is 10.1 Å². The second-order valence-electron chi connectivity index (χ2n) is 9.79. The lowest BCUT2D eigenvalue weighted by Gasteiger charge is -2.45. The first kappa shape index (κ1) is 22.7. The van der Waals surface area contributed by atoms with Gasteiger partial charge in [-0.15, -0.1) is 0 Å². The number of carbonyl (C=O) groups is 1. The summed E-state index contributed by atoms with van der Waals surface area (Å²) in [6.07, 6.45) is 6.92. The summed E-state index contributed by atoms with van der Waals surface area (Å²) in [7, 11) is 3.72. The van der Waals surface area contributed by atoms with Crippen LogP contribution in [0.3, 0.4) is 0 Å². The molecule has 0 bridgehead atoms. The van der Waals surface area contributed by atoms with E-state index in [0.29, 0.717) is 35.5 Å². The van der Waals surface area contributed by atoms with Gasteiger partial charge < -0.3 is 20.5 Å². The maximum Gasteiger partial charge on any atom is 0.238 e. The Labute approximate surface area is 202 Å². The van der Waals surface area contributed by atoms with Gasteiger partial charge in [0.2, 0.25) is 11.9 Å². The average Bonchev–Trinajstić information content (AvgIpc) is 3.31. The molecule has 1 aliphatic rings. The summed E-state index contributed by atoms with van der Waals surface area (Å²) >= 11 is 0. The van der Waals surface area contributed by atoms with E-state index in [9.17, 15) is 4.79 Å². The molecule has 0 unspecified atom stereocenters. The minimum absolute atomic E-state index is 0.0540. The van der Waals surface area contributed by atoms with Gasteiger partial charge in [0, 0.05) is 39.6 Å². The van der Waals surface area contributed by atoms with Crippen molar-refractivity contribution in [2.45, 2.75) is 20.8 Å². The van der Waals surface area contributed by atoms with E-state index in [1.54, 1.807) is 23.4 Å². The molecule has 0 atom stereocenters. The summed E-state index contributed by atoms with van der Waals surface area (Å²) in [5, 5.41) is 14.7. The lowest BCUT2D eigenvalue weighted by atomic mass is 9.84. The van der Waals surface area contributed by atoms with Crippen LogP contribution < -0.4 is 16.0 Å². The molecule has 5 rings (SSSR count). The van der Waals surface area contributed by atoms with Crippen molar-refractivity contribution in [2.75, 3.05) is 35.6 Å². The zero-order valence-electron chi connectivity index (χ0n) is 20.5. The average molecular weight is 476 g/mol. The molecule has 5 heterocycles. The molecule has 0 aromatic carbocycles. The van der Waals surface area contributed by atoms with E-state index < -0.39 is 0 Å². The number of hydrogen-bond donors (Lipinski definition) is 3. The Hall–Kier alpha value is -4.06. The van der Waals surface area contributed by atoms with E-state index >= 15 is 0 Å². The molecule has 1 saturated heterocycles. The summed E-state index contributed by atoms with van der Waals surface area (Å²) in [5.41, 5.74) is 3.09. The molecule has 35 heavy (non-hydrogen) atoms. The minimum atomic E-state index is -0.0540. The molecule has 4 aromatic heterocycles. The third-order valence-corrected chi connectivity index (χ3v) is 5.82. The highest BCUT2D eigenvalue weighted by atomic mass is 16.2. The van der Waals surface area contributed by atoms with Crippen LogP contribution in [0.2, 0.25) is 0 Å². The summed E-state index contributed by atoms with van der Waals surface area (Å²) in [6.45, 7) is 8.52. The van der Waals surface area contributed by atoms with Crippen molar-refractivity contribution < 1.29 is 4.79 Å². The number of likely N-dealkylation sites (tertiary alicyclic amines) is 1. The normalized spacial score (nSPS) is 15.1. The van der Waals surface area contributed by atoms with Crippen molar-refractivity contribution >= 4 is 45.9 Å². The molecule has 3 N–H and O–H groups in total. The van der Waals surface area contributed by atoms with E-state index in [1.807, 2.05) is 37.8 Å². The van der Waals surface area contributed by atoms with Crippen molar-refractivity contribution in [3.8, 4) is 0 Å². The second kappa shape index (κ2) is 8.62. The number of anilines is 5. The van der Waals surface area contributed by atoms with Crippen molar-refractivity contribution in [1.82, 2.24) is 39.2 Å². The predicted molar refractivity (Wildman–Crippen MR) is 134 cm³/mol. The Morgan fingerprint density at radius 3 is 2.63 bits per heavy atom. The Morgan fingerprint density at radius 2 is 1.91 bits per heavy atom. The van der Waals surface area contributed by atoms with E-state index in [2.05, 4.69) is 59.7 Å². The van der Waals surface area contributed by atoms with Crippen LogP contribution >= 0.6 is 0 Å². The van der Waals surface area contributed by atoms with Gasteiger partial charge >= 0.3 is 0 Å². The third-order valence-electron chi connectivity index (χ3n) is 5.82. The standard InChI is InChI=1S/C23H29N11O/c1-14-17(6-15(7-24-14)27-19(35)10-34-11-23(2,3)12-34)28-20-16-8-25-22(30-21(16)33(5)31-20)29-18-9-32(4)13-26-18/h6-9,13H,10-12H2,1-5H3,(H,27,35)(H,28,31)(H,25,29,30). The molecule has 1 aliphatic heterocycles. The largest absolute Gasteiger partial charge is 0.338 e. The second-order valence-corrected chi connectivity index (χ2v) is 9.79. The van der Waals surface area contributed by atoms with Crippen LogP contribution in [0.15, 0.2) is 31.0 Å². The lowest BCUT2D eigenvalue weighted by Crippen LogP contribution is -2.54. The number of aromatic nitrogens is 7. The first-order valence-corrected chi connectivity index (χ1v) is 11.4. The van der Waals surface area contributed by atoms with Crippen LogP contribution in [-0.4, -0.2) is 64.7 Å². The van der Waals surface area contributed by atoms with Crippen LogP contribution in [0.25, 0.3) is 11.0 Å². The predicted octanol–water partition coefficient (Wildman–Crippen LogP) is 2.57. The quantitative estimate of drug-likeness (QED) is 0.369. The number of pyridine rings is 1. The molecular weight excluding hydrogens is 446 g/mol. The third kappa shape index (κ3) is 4.92. The highest BCUT2D eigenvalue weighted by Gasteiger charge is 2.34. The SMILES string of the molecule is Cc1ncc(NC(=O)CN2CC(C)(C)C2)cc1Nc1nn(C)c2nc(Nc3cn(C)cn3)ncc12. The fourth-order valence-corrected chi connectivity index (χ4v) is 4.32. The highest BCUT2D eigenvalue weighted by molar-refractivity contribution is 5.93. The summed E-state index contributed by atoms with van der Waals surface area (Å²) < 4.78 is 3.53. The number of imidazole rings is 1. The molecule has 0 spiro atoms. The minimum Gasteiger partial charge on any atom is -0.338 e. The molecule has 182 valence electrons. The molecule has 1 fully saturated rings. The van der Waals surface area contributed by atoms with Crippen LogP contribution in [0, 0.1) is 12.3 Å². The Morgan fingerprint density at radius 1 is 1.11 bits per heavy atom. The number of nitrogens with one attached hydrogen (secondary N) is 3. The van der Waals surface area contributed by atoms with Crippen LogP contribution in [-0.2, 0) is 18.9 Å². The van der Waals surface area contributed by atoms with Gasteiger partial charge in [-0.3, -0.25) is 14.7 Å². The number of fused-ring (bicyclic) bond motifs is 1. The van der Waals surface area contributed by atoms with E-state index in [1.165, 1.54) is 0 Å². The zero-order chi connectivity index (χ0) is 24.7. The van der Waals surface area contributed by atoms with Gasteiger partial charge in [-0.1, -0.05) is 13.8 Å². The highest BCUT2D eigenvalue weighted by Crippen LogP contribution is 2.29. The molecular formula is C23H29N11O. The van der Waals surface area contributed by atoms with Crippen molar-refractivity contribution in [2.24, 2.45) is 19.5 Å². The van der Waals surface area contributed by atoms with E-state index in [-0.39, 0.29) is 11.3 Å². The van der Waals surface area contributed by atoms with Gasteiger partial charge in [-0.25, -0.2) is 14.6 Å². The van der Waals surface area contributed by atoms with E-state index in [0.717, 1.165) is 29.9 Å². The molecule has 12 heteroatoms. The Kier molecular flexibility index (Phi) is 5.59. The van der Waals surface area contributed by atoms with Crippen molar-refractivity contribution in [3.05, 3.63) is 36.7 Å². The number of rotatable bonds is 7. The lowest BCUT2D eigenvalue weighted by molar-refractivity contribution is -0.120. The first-order valence-electron chi connectivity index (χ1n) is 11.4. The first-order chi connectivity index (χ1) is 16.6. The van der Waals surface area contributed by atoms with E-state index in [4.69, 9.17) is 0 Å². The van der Waals surface area contributed by atoms with Crippen LogP contribution in [0.4, 0.5) is 29.0 Å². The molecule has 0 radical (unpaired) electrons. The monoisotopic (exact) mass is 475 g/mol. The number of nitrogens with zero attached hydrogens (tertiary/aromatic N) is 8. The molecule has 0 saturated carbocycles. The summed E-state index contributed by atoms with van der Waals surface area (Å²) in [6, 6.07) is 1.86. The van der Waals surface area contributed by atoms with Gasteiger partial charge in [-0.05, 0) is 18.4 Å². The molecule has 1 amide bonds. The number of amides is 1. The fraction of sp³-hybridized carbons (Fsp3) is 0.391. The maximum absolute atomic E-state index is 12.5. The van der Waals surface area contributed by atoms with Crippen LogP contribution in [0.1, 0.15) is 19.5 Å². The Balaban J connectivity index is 1.31. The molecule has 4 aromatic rings. The number of hydrogen-bond acceptors (Lipinski definition) is 9. The van der Waals surface area contributed by atoms with Gasteiger partial charge in [0.1, 0.15) is 0 Å². The van der Waals surface area contributed by atoms with Gasteiger partial charge in [0.15, 0.2) is 17.3 Å². The van der Waals surface area contributed by atoms with Crippen LogP contribution in [0.5, 0.6) is 0 Å². The van der Waals surface area contributed by atoms with Gasteiger partial charge in [0.05, 0.1) is 41.5 Å². The summed E-state index contributed by atoms with van der Waals surface area (Å²) in [5.74, 6) is 1.63. The van der Waals surface area contributed by atoms with Gasteiger partial charge in [0.25, 0.3) is 0 Å². The smallest absolute Gasteiger partial charge is 0.238 e. The summed E-state index contributed by atoms with van der Waals surface area (Å²) in [4.78, 5) is 32.3. The number of aryl methyl sites for hydroxylation is 3. The number of carbonyl (C=O) groups excluding carboxylic acids is 1. The molecule has 0 aliphatic carbocycles. The maximum atomic E-state index is 12.5. The Bertz CT molecular complexity index is 1400. The van der Waals surface area contributed by atoms with Crippen molar-refractivity contribution in [1.29, 1.82) is 0 Å². The zero-order valence-corrected chi connectivity index (χ0v) is 20.5. The topological polar surface area (TPSA) is 131 Å². The fourth-order valence-electron chi connectivity index (χ4n) is 4.32. The molecule has 12 nitrogen and oxygen atoms in total.